The Bertz CT molecular complexity index is 562. The number of hydrogen-bond donors (Lipinski definition) is 3. The third-order valence-electron chi connectivity index (χ3n) is 4.43. The Balaban J connectivity index is 1.81. The summed E-state index contributed by atoms with van der Waals surface area (Å²) in [6.45, 7) is 6.65. The molecule has 0 radical (unpaired) electrons. The van der Waals surface area contributed by atoms with Gasteiger partial charge >= 0.3 is 12.0 Å². The fourth-order valence-electron chi connectivity index (χ4n) is 3.02. The van der Waals surface area contributed by atoms with Crippen LogP contribution in [0, 0.1) is 13.8 Å². The molecule has 2 rings (SSSR count). The van der Waals surface area contributed by atoms with E-state index in [1.54, 1.807) is 0 Å². The summed E-state index contributed by atoms with van der Waals surface area (Å²) in [5.74, 6) is -0.809. The average molecular weight is 319 g/mol. The molecule has 1 fully saturated rings. The van der Waals surface area contributed by atoms with Crippen LogP contribution in [0.4, 0.5) is 10.5 Å². The van der Waals surface area contributed by atoms with Gasteiger partial charge in [0.1, 0.15) is 0 Å². The van der Waals surface area contributed by atoms with Gasteiger partial charge in [0.25, 0.3) is 0 Å². The molecule has 1 aromatic rings. The van der Waals surface area contributed by atoms with Crippen LogP contribution in [0.3, 0.4) is 0 Å². The maximum absolute atomic E-state index is 12.1. The highest BCUT2D eigenvalue weighted by atomic mass is 16.4. The van der Waals surface area contributed by atoms with Crippen molar-refractivity contribution in [2.75, 3.05) is 18.4 Å². The first-order valence-electron chi connectivity index (χ1n) is 8.00. The fraction of sp³-hybridized carbons (Fsp3) is 0.529. The van der Waals surface area contributed by atoms with Gasteiger partial charge in [-0.2, -0.15) is 0 Å². The van der Waals surface area contributed by atoms with Crippen molar-refractivity contribution in [3.05, 3.63) is 29.3 Å². The van der Waals surface area contributed by atoms with Gasteiger partial charge in [0, 0.05) is 17.8 Å². The standard InChI is InChI=1S/C17H25N3O3/c1-4-20(10-15(21)22)14-8-13(9-14)18-17(23)19-16-11(2)6-5-7-12(16)3/h5-7,13-14H,4,8-10H2,1-3H3,(H,21,22)(H2,18,19,23). The summed E-state index contributed by atoms with van der Waals surface area (Å²) in [5, 5.41) is 14.8. The van der Waals surface area contributed by atoms with Gasteiger partial charge in [-0.1, -0.05) is 25.1 Å². The number of carbonyl (C=O) groups excluding carboxylic acids is 1. The highest BCUT2D eigenvalue weighted by Crippen LogP contribution is 2.26. The van der Waals surface area contributed by atoms with Crippen LogP contribution in [0.15, 0.2) is 18.2 Å². The van der Waals surface area contributed by atoms with Crippen LogP contribution in [-0.2, 0) is 4.79 Å². The van der Waals surface area contributed by atoms with Gasteiger partial charge in [0.15, 0.2) is 0 Å². The molecule has 6 nitrogen and oxygen atoms in total. The van der Waals surface area contributed by atoms with E-state index in [1.807, 2.05) is 43.9 Å². The van der Waals surface area contributed by atoms with Crippen molar-refractivity contribution in [3.63, 3.8) is 0 Å². The van der Waals surface area contributed by atoms with E-state index in [4.69, 9.17) is 5.11 Å². The van der Waals surface area contributed by atoms with Gasteiger partial charge in [-0.15, -0.1) is 0 Å². The third-order valence-corrected chi connectivity index (χ3v) is 4.43. The number of benzene rings is 1. The topological polar surface area (TPSA) is 81.7 Å². The number of rotatable bonds is 6. The van der Waals surface area contributed by atoms with Crippen LogP contribution >= 0.6 is 0 Å². The molecule has 0 unspecified atom stereocenters. The van der Waals surface area contributed by atoms with E-state index in [-0.39, 0.29) is 24.7 Å². The SMILES string of the molecule is CCN(CC(=O)O)C1CC(NC(=O)Nc2c(C)cccc2C)C1. The van der Waals surface area contributed by atoms with Crippen LogP contribution in [0.2, 0.25) is 0 Å². The molecule has 0 aromatic heterocycles. The molecule has 0 spiro atoms. The van der Waals surface area contributed by atoms with E-state index in [0.29, 0.717) is 6.54 Å². The first-order valence-corrected chi connectivity index (χ1v) is 8.00. The smallest absolute Gasteiger partial charge is 0.319 e. The van der Waals surface area contributed by atoms with Crippen LogP contribution in [0.5, 0.6) is 0 Å². The molecule has 1 aromatic carbocycles. The first kappa shape index (κ1) is 17.3. The number of carboxylic acids is 1. The number of carboxylic acid groups (broad SMARTS) is 1. The van der Waals surface area contributed by atoms with E-state index in [2.05, 4.69) is 10.6 Å². The van der Waals surface area contributed by atoms with Crippen molar-refractivity contribution in [1.82, 2.24) is 10.2 Å². The van der Waals surface area contributed by atoms with Crippen molar-refractivity contribution in [2.24, 2.45) is 0 Å². The Morgan fingerprint density at radius 1 is 1.26 bits per heavy atom. The van der Waals surface area contributed by atoms with E-state index in [1.165, 1.54) is 0 Å². The lowest BCUT2D eigenvalue weighted by Crippen LogP contribution is -2.55. The summed E-state index contributed by atoms with van der Waals surface area (Å²) < 4.78 is 0. The monoisotopic (exact) mass is 319 g/mol. The van der Waals surface area contributed by atoms with Crippen LogP contribution in [0.1, 0.15) is 30.9 Å². The van der Waals surface area contributed by atoms with E-state index in [9.17, 15) is 9.59 Å². The normalized spacial score (nSPS) is 20.0. The predicted molar refractivity (Wildman–Crippen MR) is 89.8 cm³/mol. The molecule has 23 heavy (non-hydrogen) atoms. The lowest BCUT2D eigenvalue weighted by Gasteiger charge is -2.42. The molecule has 2 amide bonds. The molecule has 0 bridgehead atoms. The van der Waals surface area contributed by atoms with Crippen molar-refractivity contribution in [2.45, 2.75) is 45.7 Å². The van der Waals surface area contributed by atoms with Gasteiger partial charge in [-0.3, -0.25) is 9.69 Å². The number of likely N-dealkylation sites (N-methyl/N-ethyl adjacent to an activating group) is 1. The molecule has 1 saturated carbocycles. The molecule has 1 aliphatic rings. The van der Waals surface area contributed by atoms with E-state index in [0.717, 1.165) is 29.7 Å². The lowest BCUT2D eigenvalue weighted by atomic mass is 9.85. The highest BCUT2D eigenvalue weighted by molar-refractivity contribution is 5.91. The van der Waals surface area contributed by atoms with Crippen molar-refractivity contribution >= 4 is 17.7 Å². The van der Waals surface area contributed by atoms with Gasteiger partial charge in [0.05, 0.1) is 6.54 Å². The Morgan fingerprint density at radius 2 is 1.87 bits per heavy atom. The van der Waals surface area contributed by atoms with Gasteiger partial charge in [0.2, 0.25) is 0 Å². The number of para-hydroxylation sites is 1. The summed E-state index contributed by atoms with van der Waals surface area (Å²) in [6, 6.07) is 6.03. The maximum atomic E-state index is 12.1. The molecular formula is C17H25N3O3. The summed E-state index contributed by atoms with van der Waals surface area (Å²) >= 11 is 0. The minimum absolute atomic E-state index is 0.0580. The number of nitrogens with zero attached hydrogens (tertiary/aromatic N) is 1. The van der Waals surface area contributed by atoms with Crippen molar-refractivity contribution in [3.8, 4) is 0 Å². The van der Waals surface area contributed by atoms with Gasteiger partial charge < -0.3 is 15.7 Å². The molecule has 6 heteroatoms. The molecule has 126 valence electrons. The molecule has 0 saturated heterocycles. The van der Waals surface area contributed by atoms with Crippen molar-refractivity contribution in [1.29, 1.82) is 0 Å². The van der Waals surface area contributed by atoms with Crippen LogP contribution in [-0.4, -0.2) is 47.2 Å². The zero-order valence-corrected chi connectivity index (χ0v) is 13.9. The Morgan fingerprint density at radius 3 is 2.39 bits per heavy atom. The molecule has 0 aliphatic heterocycles. The minimum Gasteiger partial charge on any atom is -0.480 e. The Labute approximate surface area is 136 Å². The van der Waals surface area contributed by atoms with Crippen molar-refractivity contribution < 1.29 is 14.7 Å². The quantitative estimate of drug-likeness (QED) is 0.752. The van der Waals surface area contributed by atoms with Gasteiger partial charge in [-0.25, -0.2) is 4.79 Å². The molecular weight excluding hydrogens is 294 g/mol. The molecule has 1 aliphatic carbocycles. The number of nitrogens with one attached hydrogen (secondary N) is 2. The number of carbonyl (C=O) groups is 2. The average Bonchev–Trinajstić information content (AvgIpc) is 2.44. The Hall–Kier alpha value is -2.08. The number of amides is 2. The van der Waals surface area contributed by atoms with Crippen LogP contribution < -0.4 is 10.6 Å². The van der Waals surface area contributed by atoms with Gasteiger partial charge in [-0.05, 0) is 44.4 Å². The second-order valence-electron chi connectivity index (χ2n) is 6.14. The summed E-state index contributed by atoms with van der Waals surface area (Å²) in [7, 11) is 0. The second kappa shape index (κ2) is 7.46. The highest BCUT2D eigenvalue weighted by Gasteiger charge is 2.34. The Kier molecular flexibility index (Phi) is 5.60. The minimum atomic E-state index is -0.809. The molecule has 0 atom stereocenters. The zero-order chi connectivity index (χ0) is 17.0. The third kappa shape index (κ3) is 4.45. The number of urea groups is 1. The summed E-state index contributed by atoms with van der Waals surface area (Å²) in [6.07, 6.45) is 1.59. The first-order chi connectivity index (χ1) is 10.9. The second-order valence-corrected chi connectivity index (χ2v) is 6.14. The fourth-order valence-corrected chi connectivity index (χ4v) is 3.02. The number of aliphatic carboxylic acids is 1. The van der Waals surface area contributed by atoms with E-state index < -0.39 is 5.97 Å². The number of aryl methyl sites for hydroxylation is 2. The lowest BCUT2D eigenvalue weighted by molar-refractivity contribution is -0.139. The largest absolute Gasteiger partial charge is 0.480 e. The number of hydrogen-bond acceptors (Lipinski definition) is 3. The zero-order valence-electron chi connectivity index (χ0n) is 13.9. The predicted octanol–water partition coefficient (Wildman–Crippen LogP) is 2.36. The summed E-state index contributed by atoms with van der Waals surface area (Å²) in [5.41, 5.74) is 2.91. The molecule has 3 N–H and O–H groups in total. The summed E-state index contributed by atoms with van der Waals surface area (Å²) in [4.78, 5) is 24.9. The van der Waals surface area contributed by atoms with E-state index >= 15 is 0 Å². The van der Waals surface area contributed by atoms with Crippen LogP contribution in [0.25, 0.3) is 0 Å². The molecule has 0 heterocycles. The number of anilines is 1. The maximum Gasteiger partial charge on any atom is 0.319 e.